The molecule has 0 saturated carbocycles. The first-order chi connectivity index (χ1) is 6.24. The van der Waals surface area contributed by atoms with E-state index in [0.29, 0.717) is 0 Å². The van der Waals surface area contributed by atoms with Gasteiger partial charge in [-0.15, -0.1) is 0 Å². The molecule has 0 radical (unpaired) electrons. The number of nitrogens with zero attached hydrogens (tertiary/aromatic N) is 1. The fourth-order valence-corrected chi connectivity index (χ4v) is 1.62. The van der Waals surface area contributed by atoms with Gasteiger partial charge in [-0.05, 0) is 25.2 Å². The molecule has 76 valence electrons. The molecular formula is C9H18N2O2. The summed E-state index contributed by atoms with van der Waals surface area (Å²) in [4.78, 5) is 17.7. The molecule has 0 aromatic carbocycles. The van der Waals surface area contributed by atoms with Crippen LogP contribution in [0.1, 0.15) is 26.2 Å². The Kier molecular flexibility index (Phi) is 4.02. The van der Waals surface area contributed by atoms with E-state index in [1.54, 1.807) is 0 Å². The number of carbonyl (C=O) groups excluding carboxylic acids is 1. The van der Waals surface area contributed by atoms with Gasteiger partial charge in [0.05, 0.1) is 7.11 Å². The molecule has 1 aliphatic heterocycles. The minimum absolute atomic E-state index is 0.114. The van der Waals surface area contributed by atoms with Gasteiger partial charge in [0.15, 0.2) is 0 Å². The number of hydrogen-bond acceptors (Lipinski definition) is 2. The first kappa shape index (κ1) is 10.3. The Balaban J connectivity index is 2.37. The number of urea groups is 1. The molecule has 0 aromatic rings. The number of likely N-dealkylation sites (tertiary alicyclic amines) is 1. The SMILES string of the molecule is CONC(=O)N1CCCC(C)CC1. The zero-order chi connectivity index (χ0) is 9.68. The summed E-state index contributed by atoms with van der Waals surface area (Å²) < 4.78 is 0. The van der Waals surface area contributed by atoms with Crippen LogP contribution in [-0.2, 0) is 4.84 Å². The fourth-order valence-electron chi connectivity index (χ4n) is 1.62. The maximum Gasteiger partial charge on any atom is 0.341 e. The molecule has 4 nitrogen and oxygen atoms in total. The van der Waals surface area contributed by atoms with Gasteiger partial charge < -0.3 is 4.90 Å². The predicted molar refractivity (Wildman–Crippen MR) is 50.1 cm³/mol. The lowest BCUT2D eigenvalue weighted by Gasteiger charge is -2.19. The zero-order valence-electron chi connectivity index (χ0n) is 8.38. The van der Waals surface area contributed by atoms with Crippen LogP contribution in [0.3, 0.4) is 0 Å². The Hall–Kier alpha value is -0.770. The second-order valence-corrected chi connectivity index (χ2v) is 3.63. The summed E-state index contributed by atoms with van der Waals surface area (Å²) in [6.45, 7) is 3.92. The van der Waals surface area contributed by atoms with Crippen LogP contribution in [0.5, 0.6) is 0 Å². The molecule has 4 heteroatoms. The van der Waals surface area contributed by atoms with E-state index in [1.807, 2.05) is 4.90 Å². The van der Waals surface area contributed by atoms with Crippen LogP contribution in [0.25, 0.3) is 0 Å². The van der Waals surface area contributed by atoms with E-state index in [4.69, 9.17) is 0 Å². The highest BCUT2D eigenvalue weighted by molar-refractivity contribution is 5.72. The lowest BCUT2D eigenvalue weighted by atomic mass is 10.0. The van der Waals surface area contributed by atoms with Gasteiger partial charge in [-0.1, -0.05) is 6.92 Å². The summed E-state index contributed by atoms with van der Waals surface area (Å²) in [7, 11) is 1.46. The molecule has 1 unspecified atom stereocenters. The highest BCUT2D eigenvalue weighted by Gasteiger charge is 2.17. The van der Waals surface area contributed by atoms with E-state index in [9.17, 15) is 4.79 Å². The third-order valence-corrected chi connectivity index (χ3v) is 2.49. The van der Waals surface area contributed by atoms with E-state index in [-0.39, 0.29) is 6.03 Å². The Bertz CT molecular complexity index is 173. The third kappa shape index (κ3) is 3.22. The molecule has 0 aromatic heterocycles. The summed E-state index contributed by atoms with van der Waals surface area (Å²) in [5.41, 5.74) is 2.34. The molecular weight excluding hydrogens is 168 g/mol. The summed E-state index contributed by atoms with van der Waals surface area (Å²) in [6.07, 6.45) is 3.41. The molecule has 1 rings (SSSR count). The van der Waals surface area contributed by atoms with Gasteiger partial charge in [-0.25, -0.2) is 10.3 Å². The maximum atomic E-state index is 11.3. The second-order valence-electron chi connectivity index (χ2n) is 3.63. The quantitative estimate of drug-likeness (QED) is 0.628. The lowest BCUT2D eigenvalue weighted by molar-refractivity contribution is 0.0872. The van der Waals surface area contributed by atoms with Crippen LogP contribution < -0.4 is 5.48 Å². The van der Waals surface area contributed by atoms with Crippen LogP contribution in [0, 0.1) is 5.92 Å². The molecule has 1 aliphatic rings. The summed E-state index contributed by atoms with van der Waals surface area (Å²) in [5, 5.41) is 0. The average molecular weight is 186 g/mol. The molecule has 1 fully saturated rings. The second kappa shape index (κ2) is 5.07. The predicted octanol–water partition coefficient (Wildman–Crippen LogP) is 1.38. The van der Waals surface area contributed by atoms with Crippen molar-refractivity contribution in [3.8, 4) is 0 Å². The molecule has 1 atom stereocenters. The topological polar surface area (TPSA) is 41.6 Å². The standard InChI is InChI=1S/C9H18N2O2/c1-8-4-3-6-11(7-5-8)9(12)10-13-2/h8H,3-7H2,1-2H3,(H,10,12). The number of carbonyl (C=O) groups is 1. The molecule has 1 heterocycles. The Labute approximate surface area is 79.2 Å². The van der Waals surface area contributed by atoms with Crippen LogP contribution in [0.4, 0.5) is 4.79 Å². The number of rotatable bonds is 1. The van der Waals surface area contributed by atoms with Crippen LogP contribution in [0.2, 0.25) is 0 Å². The highest BCUT2D eigenvalue weighted by atomic mass is 16.6. The van der Waals surface area contributed by atoms with Gasteiger partial charge >= 0.3 is 6.03 Å². The molecule has 2 amide bonds. The van der Waals surface area contributed by atoms with E-state index in [1.165, 1.54) is 13.5 Å². The number of amides is 2. The van der Waals surface area contributed by atoms with E-state index in [0.717, 1.165) is 31.8 Å². The van der Waals surface area contributed by atoms with Gasteiger partial charge in [0, 0.05) is 13.1 Å². The Morgan fingerprint density at radius 3 is 2.92 bits per heavy atom. The van der Waals surface area contributed by atoms with Crippen molar-refractivity contribution < 1.29 is 9.63 Å². The average Bonchev–Trinajstić information content (AvgIpc) is 2.30. The van der Waals surface area contributed by atoms with Gasteiger partial charge in [0.2, 0.25) is 0 Å². The normalized spacial score (nSPS) is 23.8. The van der Waals surface area contributed by atoms with Crippen molar-refractivity contribution in [2.45, 2.75) is 26.2 Å². The first-order valence-corrected chi connectivity index (χ1v) is 4.82. The highest BCUT2D eigenvalue weighted by Crippen LogP contribution is 2.16. The molecule has 1 N–H and O–H groups in total. The minimum atomic E-state index is -0.114. The van der Waals surface area contributed by atoms with E-state index >= 15 is 0 Å². The van der Waals surface area contributed by atoms with Gasteiger partial charge in [-0.3, -0.25) is 4.84 Å². The van der Waals surface area contributed by atoms with Crippen molar-refractivity contribution in [3.63, 3.8) is 0 Å². The van der Waals surface area contributed by atoms with Crippen LogP contribution in [0.15, 0.2) is 0 Å². The summed E-state index contributed by atoms with van der Waals surface area (Å²) >= 11 is 0. The largest absolute Gasteiger partial charge is 0.341 e. The summed E-state index contributed by atoms with van der Waals surface area (Å²) in [6, 6.07) is -0.114. The van der Waals surface area contributed by atoms with Crippen molar-refractivity contribution in [1.29, 1.82) is 0 Å². The smallest absolute Gasteiger partial charge is 0.323 e. The van der Waals surface area contributed by atoms with Crippen molar-refractivity contribution in [2.24, 2.45) is 5.92 Å². The lowest BCUT2D eigenvalue weighted by Crippen LogP contribution is -2.39. The van der Waals surface area contributed by atoms with Gasteiger partial charge in [-0.2, -0.15) is 0 Å². The monoisotopic (exact) mass is 186 g/mol. The molecule has 13 heavy (non-hydrogen) atoms. The van der Waals surface area contributed by atoms with Crippen molar-refractivity contribution in [1.82, 2.24) is 10.4 Å². The van der Waals surface area contributed by atoms with E-state index in [2.05, 4.69) is 17.2 Å². The third-order valence-electron chi connectivity index (χ3n) is 2.49. The number of nitrogens with one attached hydrogen (secondary N) is 1. The van der Waals surface area contributed by atoms with Crippen molar-refractivity contribution in [2.75, 3.05) is 20.2 Å². The van der Waals surface area contributed by atoms with Gasteiger partial charge in [0.25, 0.3) is 0 Å². The Morgan fingerprint density at radius 2 is 2.23 bits per heavy atom. The van der Waals surface area contributed by atoms with Crippen molar-refractivity contribution >= 4 is 6.03 Å². The minimum Gasteiger partial charge on any atom is -0.323 e. The Morgan fingerprint density at radius 1 is 1.46 bits per heavy atom. The summed E-state index contributed by atoms with van der Waals surface area (Å²) in [5.74, 6) is 0.736. The molecule has 0 bridgehead atoms. The fraction of sp³-hybridized carbons (Fsp3) is 0.889. The number of hydrogen-bond donors (Lipinski definition) is 1. The van der Waals surface area contributed by atoms with Crippen LogP contribution >= 0.6 is 0 Å². The van der Waals surface area contributed by atoms with Gasteiger partial charge in [0.1, 0.15) is 0 Å². The maximum absolute atomic E-state index is 11.3. The molecule has 0 aliphatic carbocycles. The van der Waals surface area contributed by atoms with Crippen LogP contribution in [-0.4, -0.2) is 31.1 Å². The van der Waals surface area contributed by atoms with E-state index < -0.39 is 0 Å². The van der Waals surface area contributed by atoms with Crippen molar-refractivity contribution in [3.05, 3.63) is 0 Å². The molecule has 0 spiro atoms. The first-order valence-electron chi connectivity index (χ1n) is 4.82. The number of hydroxylamine groups is 1. The zero-order valence-corrected chi connectivity index (χ0v) is 8.38. The molecule has 1 saturated heterocycles.